The molecule has 6 nitrogen and oxygen atoms in total. The highest BCUT2D eigenvalue weighted by molar-refractivity contribution is 7.16. The Balaban J connectivity index is 1.71. The van der Waals surface area contributed by atoms with E-state index in [-0.39, 0.29) is 19.1 Å². The zero-order valence-corrected chi connectivity index (χ0v) is 15.6. The van der Waals surface area contributed by atoms with Crippen molar-refractivity contribution in [1.82, 2.24) is 4.57 Å². The van der Waals surface area contributed by atoms with Crippen molar-refractivity contribution in [3.05, 3.63) is 59.4 Å². The van der Waals surface area contributed by atoms with Crippen LogP contribution in [0.25, 0.3) is 10.2 Å². The Morgan fingerprint density at radius 3 is 2.93 bits per heavy atom. The predicted octanol–water partition coefficient (Wildman–Crippen LogP) is 3.30. The third kappa shape index (κ3) is 3.46. The minimum Gasteiger partial charge on any atom is -0.497 e. The second-order valence-electron chi connectivity index (χ2n) is 5.99. The van der Waals surface area contributed by atoms with Gasteiger partial charge in [0.15, 0.2) is 16.3 Å². The van der Waals surface area contributed by atoms with Crippen LogP contribution in [0.4, 0.5) is 0 Å². The third-order valence-electron chi connectivity index (χ3n) is 4.20. The highest BCUT2D eigenvalue weighted by atomic mass is 32.1. The maximum atomic E-state index is 12.5. The van der Waals surface area contributed by atoms with E-state index in [0.29, 0.717) is 22.8 Å². The standard InChI is InChI=1S/C20H18N2O4S/c1-3-7-22-15-10-16-17(26-12-25-16)11-18(15)27-20(22)21-19(23)9-13-5-4-6-14(8-13)24-2/h3-6,8,10-11H,1,7,9,12H2,2H3. The summed E-state index contributed by atoms with van der Waals surface area (Å²) in [6.45, 7) is 4.58. The van der Waals surface area contributed by atoms with Gasteiger partial charge >= 0.3 is 0 Å². The Morgan fingerprint density at radius 2 is 2.15 bits per heavy atom. The molecule has 0 saturated carbocycles. The van der Waals surface area contributed by atoms with Gasteiger partial charge in [-0.25, -0.2) is 0 Å². The van der Waals surface area contributed by atoms with Crippen molar-refractivity contribution in [3.8, 4) is 17.2 Å². The number of benzene rings is 2. The van der Waals surface area contributed by atoms with Gasteiger partial charge in [0.25, 0.3) is 5.91 Å². The molecule has 0 radical (unpaired) electrons. The van der Waals surface area contributed by atoms with Crippen LogP contribution in [0.3, 0.4) is 0 Å². The van der Waals surface area contributed by atoms with Crippen LogP contribution >= 0.6 is 11.3 Å². The molecule has 2 aromatic carbocycles. The van der Waals surface area contributed by atoms with E-state index in [9.17, 15) is 4.79 Å². The summed E-state index contributed by atoms with van der Waals surface area (Å²) in [7, 11) is 1.60. The normalized spacial score (nSPS) is 13.1. The van der Waals surface area contributed by atoms with E-state index in [2.05, 4.69) is 11.6 Å². The number of ether oxygens (including phenoxy) is 3. The quantitative estimate of drug-likeness (QED) is 0.635. The number of carbonyl (C=O) groups excluding carboxylic acids is 1. The van der Waals surface area contributed by atoms with Crippen molar-refractivity contribution in [2.45, 2.75) is 13.0 Å². The van der Waals surface area contributed by atoms with Gasteiger partial charge in [-0.1, -0.05) is 29.5 Å². The summed E-state index contributed by atoms with van der Waals surface area (Å²) in [5.41, 5.74) is 1.80. The van der Waals surface area contributed by atoms with E-state index in [1.165, 1.54) is 11.3 Å². The van der Waals surface area contributed by atoms with Crippen molar-refractivity contribution in [3.63, 3.8) is 0 Å². The molecule has 0 aliphatic carbocycles. The van der Waals surface area contributed by atoms with Crippen molar-refractivity contribution < 1.29 is 19.0 Å². The topological polar surface area (TPSA) is 62.1 Å². The second-order valence-corrected chi connectivity index (χ2v) is 7.00. The van der Waals surface area contributed by atoms with Crippen molar-refractivity contribution >= 4 is 27.5 Å². The first-order valence-corrected chi connectivity index (χ1v) is 9.24. The maximum Gasteiger partial charge on any atom is 0.252 e. The SMILES string of the molecule is C=CCn1c(=NC(=O)Cc2cccc(OC)c2)sc2cc3c(cc21)OCO3. The number of fused-ring (bicyclic) bond motifs is 2. The molecule has 0 bridgehead atoms. The smallest absolute Gasteiger partial charge is 0.252 e. The number of aromatic nitrogens is 1. The number of methoxy groups -OCH3 is 1. The molecule has 2 heterocycles. The fourth-order valence-corrected chi connectivity index (χ4v) is 4.02. The fourth-order valence-electron chi connectivity index (χ4n) is 2.95. The van der Waals surface area contributed by atoms with Gasteiger partial charge in [0.1, 0.15) is 5.75 Å². The van der Waals surface area contributed by atoms with Crippen LogP contribution in [0, 0.1) is 0 Å². The van der Waals surface area contributed by atoms with Gasteiger partial charge < -0.3 is 18.8 Å². The number of amides is 1. The van der Waals surface area contributed by atoms with Crippen molar-refractivity contribution in [1.29, 1.82) is 0 Å². The molecule has 138 valence electrons. The first-order chi connectivity index (χ1) is 13.2. The van der Waals surface area contributed by atoms with Gasteiger partial charge in [-0.2, -0.15) is 4.99 Å². The van der Waals surface area contributed by atoms with Gasteiger partial charge in [0, 0.05) is 18.7 Å². The number of thiazole rings is 1. The lowest BCUT2D eigenvalue weighted by Crippen LogP contribution is -2.17. The Bertz CT molecular complexity index is 1100. The molecule has 7 heteroatoms. The largest absolute Gasteiger partial charge is 0.497 e. The summed E-state index contributed by atoms with van der Waals surface area (Å²) in [5, 5.41) is 0. The zero-order valence-electron chi connectivity index (χ0n) is 14.8. The van der Waals surface area contributed by atoms with Crippen LogP contribution in [0.2, 0.25) is 0 Å². The fraction of sp³-hybridized carbons (Fsp3) is 0.200. The molecular formula is C20H18N2O4S. The highest BCUT2D eigenvalue weighted by Gasteiger charge is 2.17. The summed E-state index contributed by atoms with van der Waals surface area (Å²) >= 11 is 1.44. The zero-order chi connectivity index (χ0) is 18.8. The van der Waals surface area contributed by atoms with E-state index < -0.39 is 0 Å². The molecule has 1 amide bonds. The Kier molecular flexibility index (Phi) is 4.68. The van der Waals surface area contributed by atoms with Gasteiger partial charge in [-0.15, -0.1) is 6.58 Å². The van der Waals surface area contributed by atoms with Crippen molar-refractivity contribution in [2.75, 3.05) is 13.9 Å². The van der Waals surface area contributed by atoms with E-state index >= 15 is 0 Å². The van der Waals surface area contributed by atoms with Crippen LogP contribution in [0.1, 0.15) is 5.56 Å². The molecule has 0 atom stereocenters. The van der Waals surface area contributed by atoms with Crippen molar-refractivity contribution in [2.24, 2.45) is 4.99 Å². The van der Waals surface area contributed by atoms with E-state index in [0.717, 1.165) is 21.5 Å². The van der Waals surface area contributed by atoms with Gasteiger partial charge in [-0.3, -0.25) is 4.79 Å². The van der Waals surface area contributed by atoms with Crippen LogP contribution in [0.15, 0.2) is 54.0 Å². The molecule has 27 heavy (non-hydrogen) atoms. The molecule has 3 aromatic rings. The lowest BCUT2D eigenvalue weighted by molar-refractivity contribution is -0.117. The maximum absolute atomic E-state index is 12.5. The average Bonchev–Trinajstić information content (AvgIpc) is 3.24. The minimum absolute atomic E-state index is 0.211. The number of hydrogen-bond donors (Lipinski definition) is 0. The second kappa shape index (κ2) is 7.28. The molecule has 0 fully saturated rings. The van der Waals surface area contributed by atoms with E-state index in [4.69, 9.17) is 14.2 Å². The van der Waals surface area contributed by atoms with Crippen LogP contribution in [0.5, 0.6) is 17.2 Å². The molecule has 0 saturated heterocycles. The monoisotopic (exact) mass is 382 g/mol. The molecule has 1 aromatic heterocycles. The average molecular weight is 382 g/mol. The molecule has 0 N–H and O–H groups in total. The molecular weight excluding hydrogens is 364 g/mol. The number of carbonyl (C=O) groups is 1. The molecule has 1 aliphatic heterocycles. The first kappa shape index (κ1) is 17.4. The number of allylic oxidation sites excluding steroid dienone is 1. The summed E-state index contributed by atoms with van der Waals surface area (Å²) < 4.78 is 19.1. The van der Waals surface area contributed by atoms with Crippen LogP contribution in [-0.4, -0.2) is 24.4 Å². The number of hydrogen-bond acceptors (Lipinski definition) is 5. The Morgan fingerprint density at radius 1 is 1.33 bits per heavy atom. The Hall–Kier alpha value is -3.06. The first-order valence-electron chi connectivity index (χ1n) is 8.42. The molecule has 0 unspecified atom stereocenters. The third-order valence-corrected chi connectivity index (χ3v) is 5.24. The number of rotatable bonds is 5. The van der Waals surface area contributed by atoms with Crippen LogP contribution in [-0.2, 0) is 17.8 Å². The van der Waals surface area contributed by atoms with E-state index in [1.807, 2.05) is 41.0 Å². The van der Waals surface area contributed by atoms with E-state index in [1.54, 1.807) is 13.2 Å². The summed E-state index contributed by atoms with van der Waals surface area (Å²) in [5.74, 6) is 1.92. The van der Waals surface area contributed by atoms with Gasteiger partial charge in [-0.05, 0) is 17.7 Å². The minimum atomic E-state index is -0.215. The summed E-state index contributed by atoms with van der Waals surface area (Å²) in [6, 6.07) is 11.3. The summed E-state index contributed by atoms with van der Waals surface area (Å²) in [6.07, 6.45) is 1.99. The van der Waals surface area contributed by atoms with Gasteiger partial charge in [0.2, 0.25) is 6.79 Å². The van der Waals surface area contributed by atoms with Crippen LogP contribution < -0.4 is 19.0 Å². The Labute approximate surface area is 159 Å². The lowest BCUT2D eigenvalue weighted by Gasteiger charge is -2.03. The predicted molar refractivity (Wildman–Crippen MR) is 103 cm³/mol. The number of nitrogens with zero attached hydrogens (tertiary/aromatic N) is 2. The molecule has 0 spiro atoms. The van der Waals surface area contributed by atoms with Gasteiger partial charge in [0.05, 0.1) is 23.7 Å². The molecule has 1 aliphatic rings. The lowest BCUT2D eigenvalue weighted by atomic mass is 10.1. The summed E-state index contributed by atoms with van der Waals surface area (Å²) in [4.78, 5) is 17.5. The molecule has 4 rings (SSSR count). The highest BCUT2D eigenvalue weighted by Crippen LogP contribution is 2.36.